The van der Waals surface area contributed by atoms with Gasteiger partial charge in [0.15, 0.2) is 5.65 Å². The Morgan fingerprint density at radius 3 is 2.89 bits per heavy atom. The van der Waals surface area contributed by atoms with Crippen molar-refractivity contribution in [3.8, 4) is 0 Å². The van der Waals surface area contributed by atoms with E-state index in [1.165, 1.54) is 11.3 Å². The van der Waals surface area contributed by atoms with Gasteiger partial charge >= 0.3 is 0 Å². The van der Waals surface area contributed by atoms with Gasteiger partial charge < -0.3 is 5.32 Å². The van der Waals surface area contributed by atoms with Gasteiger partial charge in [-0.3, -0.25) is 19.3 Å². The summed E-state index contributed by atoms with van der Waals surface area (Å²) in [5.74, 6) is -0.533. The average Bonchev–Trinajstić information content (AvgIpc) is 3.30. The number of carbonyl (C=O) groups is 2. The minimum atomic E-state index is -0.398. The van der Waals surface area contributed by atoms with E-state index in [0.717, 1.165) is 5.69 Å². The Labute approximate surface area is 157 Å². The van der Waals surface area contributed by atoms with Crippen LogP contribution in [0.25, 0.3) is 5.65 Å². The topological polar surface area (TPSA) is 114 Å². The molecule has 134 valence electrons. The molecule has 2 amide bonds. The van der Waals surface area contributed by atoms with E-state index in [9.17, 15) is 9.59 Å². The molecule has 10 heteroatoms. The first kappa shape index (κ1) is 16.8. The van der Waals surface area contributed by atoms with Crippen molar-refractivity contribution in [3.63, 3.8) is 0 Å². The van der Waals surface area contributed by atoms with Gasteiger partial charge in [-0.25, -0.2) is 9.97 Å². The molecule has 0 aliphatic carbocycles. The average molecular weight is 379 g/mol. The third-order valence-corrected chi connectivity index (χ3v) is 4.55. The maximum absolute atomic E-state index is 12.5. The van der Waals surface area contributed by atoms with Gasteiger partial charge in [-0.2, -0.15) is 0 Å². The normalized spacial score (nSPS) is 10.7. The van der Waals surface area contributed by atoms with Crippen LogP contribution in [0.15, 0.2) is 48.4 Å². The highest BCUT2D eigenvalue weighted by Crippen LogP contribution is 2.24. The molecular weight excluding hydrogens is 366 g/mol. The molecule has 4 rings (SSSR count). The molecule has 27 heavy (non-hydrogen) atoms. The first-order valence-corrected chi connectivity index (χ1v) is 8.77. The van der Waals surface area contributed by atoms with Crippen molar-refractivity contribution in [2.45, 2.75) is 6.92 Å². The van der Waals surface area contributed by atoms with E-state index >= 15 is 0 Å². The van der Waals surface area contributed by atoms with Gasteiger partial charge in [0, 0.05) is 23.7 Å². The summed E-state index contributed by atoms with van der Waals surface area (Å²) < 4.78 is 1.70. The van der Waals surface area contributed by atoms with Gasteiger partial charge in [-0.1, -0.05) is 0 Å². The van der Waals surface area contributed by atoms with E-state index in [4.69, 9.17) is 0 Å². The van der Waals surface area contributed by atoms with Crippen LogP contribution in [0.2, 0.25) is 0 Å². The van der Waals surface area contributed by atoms with E-state index in [1.807, 2.05) is 0 Å². The molecule has 0 unspecified atom stereocenters. The third-order valence-electron chi connectivity index (χ3n) is 3.72. The minimum absolute atomic E-state index is 0.209. The fourth-order valence-corrected chi connectivity index (χ4v) is 3.18. The summed E-state index contributed by atoms with van der Waals surface area (Å²) in [5, 5.41) is 15.3. The summed E-state index contributed by atoms with van der Waals surface area (Å²) in [6.45, 7) is 1.81. The molecule has 0 aliphatic rings. The summed E-state index contributed by atoms with van der Waals surface area (Å²) in [7, 11) is 0. The van der Waals surface area contributed by atoms with E-state index in [-0.39, 0.29) is 11.9 Å². The fraction of sp³-hybridized carbons (Fsp3) is 0.0588. The van der Waals surface area contributed by atoms with Crippen LogP contribution in [-0.4, -0.2) is 36.4 Å². The van der Waals surface area contributed by atoms with Crippen LogP contribution in [0.5, 0.6) is 0 Å². The van der Waals surface area contributed by atoms with Crippen LogP contribution in [0.3, 0.4) is 0 Å². The molecule has 0 saturated carbocycles. The number of fused-ring (bicyclic) bond motifs is 1. The molecule has 4 aromatic rings. The van der Waals surface area contributed by atoms with Gasteiger partial charge in [-0.05, 0) is 36.6 Å². The second-order valence-electron chi connectivity index (χ2n) is 5.61. The zero-order chi connectivity index (χ0) is 18.8. The summed E-state index contributed by atoms with van der Waals surface area (Å²) in [6.07, 6.45) is 4.81. The first-order chi connectivity index (χ1) is 13.1. The number of anilines is 2. The van der Waals surface area contributed by atoms with Crippen molar-refractivity contribution in [1.29, 1.82) is 0 Å². The molecule has 0 bridgehead atoms. The standard InChI is InChI=1S/C17H13N7O2S/c1-10-2-5-18-17(20-10)22-15(26)12-4-7-27-16(12)21-14(25)11-3-6-24-9-19-23-13(24)8-11/h2-9H,1H3,(H,21,25)(H,18,20,22,26). The number of amides is 2. The van der Waals surface area contributed by atoms with Gasteiger partial charge in [-0.15, -0.1) is 21.5 Å². The molecule has 0 fully saturated rings. The summed E-state index contributed by atoms with van der Waals surface area (Å²) in [6, 6.07) is 6.64. The molecular formula is C17H13N7O2S. The SMILES string of the molecule is Cc1ccnc(NC(=O)c2ccsc2NC(=O)c2ccn3cnnc3c2)n1. The van der Waals surface area contributed by atoms with Crippen molar-refractivity contribution in [2.24, 2.45) is 0 Å². The number of thiophene rings is 1. The quantitative estimate of drug-likeness (QED) is 0.563. The van der Waals surface area contributed by atoms with E-state index in [1.54, 1.807) is 59.7 Å². The number of nitrogens with zero attached hydrogens (tertiary/aromatic N) is 5. The highest BCUT2D eigenvalue weighted by Gasteiger charge is 2.17. The Hall–Kier alpha value is -3.66. The summed E-state index contributed by atoms with van der Waals surface area (Å²) >= 11 is 1.25. The van der Waals surface area contributed by atoms with Crippen LogP contribution in [0, 0.1) is 6.92 Å². The second-order valence-corrected chi connectivity index (χ2v) is 6.52. The zero-order valence-corrected chi connectivity index (χ0v) is 14.9. The smallest absolute Gasteiger partial charge is 0.261 e. The largest absolute Gasteiger partial charge is 0.313 e. The van der Waals surface area contributed by atoms with Crippen LogP contribution < -0.4 is 10.6 Å². The van der Waals surface area contributed by atoms with Crippen LogP contribution >= 0.6 is 11.3 Å². The Morgan fingerprint density at radius 1 is 1.15 bits per heavy atom. The number of hydrogen-bond acceptors (Lipinski definition) is 7. The lowest BCUT2D eigenvalue weighted by Gasteiger charge is -2.07. The maximum Gasteiger partial charge on any atom is 0.261 e. The van der Waals surface area contributed by atoms with Crippen molar-refractivity contribution >= 4 is 39.7 Å². The lowest BCUT2D eigenvalue weighted by Crippen LogP contribution is -2.18. The highest BCUT2D eigenvalue weighted by molar-refractivity contribution is 7.14. The number of nitrogens with one attached hydrogen (secondary N) is 2. The molecule has 2 N–H and O–H groups in total. The Bertz CT molecular complexity index is 1150. The van der Waals surface area contributed by atoms with Crippen LogP contribution in [0.4, 0.5) is 10.9 Å². The van der Waals surface area contributed by atoms with E-state index in [0.29, 0.717) is 21.8 Å². The van der Waals surface area contributed by atoms with Gasteiger partial charge in [0.1, 0.15) is 11.3 Å². The number of pyridine rings is 1. The Balaban J connectivity index is 1.52. The summed E-state index contributed by atoms with van der Waals surface area (Å²) in [4.78, 5) is 33.2. The summed E-state index contributed by atoms with van der Waals surface area (Å²) in [5.41, 5.74) is 2.05. The monoisotopic (exact) mass is 379 g/mol. The van der Waals surface area contributed by atoms with E-state index in [2.05, 4.69) is 30.8 Å². The predicted octanol–water partition coefficient (Wildman–Crippen LogP) is 2.39. The molecule has 4 aromatic heterocycles. The number of rotatable bonds is 4. The Kier molecular flexibility index (Phi) is 4.30. The molecule has 0 aliphatic heterocycles. The van der Waals surface area contributed by atoms with Crippen molar-refractivity contribution < 1.29 is 9.59 Å². The number of aryl methyl sites for hydroxylation is 1. The lowest BCUT2D eigenvalue weighted by atomic mass is 10.2. The van der Waals surface area contributed by atoms with Crippen molar-refractivity contribution in [2.75, 3.05) is 10.6 Å². The zero-order valence-electron chi connectivity index (χ0n) is 14.1. The molecule has 0 saturated heterocycles. The number of carbonyl (C=O) groups excluding carboxylic acids is 2. The molecule has 0 aromatic carbocycles. The minimum Gasteiger partial charge on any atom is -0.313 e. The fourth-order valence-electron chi connectivity index (χ4n) is 2.40. The van der Waals surface area contributed by atoms with Crippen LogP contribution in [0.1, 0.15) is 26.4 Å². The lowest BCUT2D eigenvalue weighted by molar-refractivity contribution is 0.102. The van der Waals surface area contributed by atoms with Gasteiger partial charge in [0.2, 0.25) is 5.95 Å². The predicted molar refractivity (Wildman–Crippen MR) is 100.0 cm³/mol. The molecule has 0 atom stereocenters. The second kappa shape index (κ2) is 6.92. The van der Waals surface area contributed by atoms with E-state index < -0.39 is 5.91 Å². The van der Waals surface area contributed by atoms with Crippen LogP contribution in [-0.2, 0) is 0 Å². The molecule has 4 heterocycles. The molecule has 0 radical (unpaired) electrons. The number of aromatic nitrogens is 5. The third kappa shape index (κ3) is 3.51. The Morgan fingerprint density at radius 2 is 2.04 bits per heavy atom. The van der Waals surface area contributed by atoms with Crippen molar-refractivity contribution in [1.82, 2.24) is 24.6 Å². The van der Waals surface area contributed by atoms with Gasteiger partial charge in [0.25, 0.3) is 11.8 Å². The highest BCUT2D eigenvalue weighted by atomic mass is 32.1. The number of hydrogen-bond donors (Lipinski definition) is 2. The van der Waals surface area contributed by atoms with Crippen molar-refractivity contribution in [3.05, 3.63) is 65.2 Å². The first-order valence-electron chi connectivity index (χ1n) is 7.89. The maximum atomic E-state index is 12.5. The van der Waals surface area contributed by atoms with Gasteiger partial charge in [0.05, 0.1) is 5.56 Å². The molecule has 0 spiro atoms. The molecule has 9 nitrogen and oxygen atoms in total.